The summed E-state index contributed by atoms with van der Waals surface area (Å²) < 4.78 is 14.6. The smallest absolute Gasteiger partial charge is 0.175 e. The number of carbonyl (C=O) groups is 1. The second kappa shape index (κ2) is 6.92. The third-order valence-corrected chi connectivity index (χ3v) is 4.29. The van der Waals surface area contributed by atoms with E-state index in [0.29, 0.717) is 16.4 Å². The van der Waals surface area contributed by atoms with Crippen molar-refractivity contribution < 1.29 is 9.18 Å². The minimum atomic E-state index is -0.357. The van der Waals surface area contributed by atoms with Gasteiger partial charge in [0.05, 0.1) is 11.4 Å². The summed E-state index contributed by atoms with van der Waals surface area (Å²) in [5.74, 6) is 0.420. The van der Waals surface area contributed by atoms with Crippen LogP contribution >= 0.6 is 11.8 Å². The second-order valence-electron chi connectivity index (χ2n) is 5.29. The lowest BCUT2D eigenvalue weighted by Gasteiger charge is -2.04. The van der Waals surface area contributed by atoms with Crippen LogP contribution in [0.1, 0.15) is 21.7 Å². The molecule has 5 nitrogen and oxygen atoms in total. The molecule has 0 radical (unpaired) electrons. The zero-order valence-corrected chi connectivity index (χ0v) is 14.0. The highest BCUT2D eigenvalue weighted by Gasteiger charge is 2.09. The molecule has 0 spiro atoms. The summed E-state index contributed by atoms with van der Waals surface area (Å²) in [6, 6.07) is 11.1. The Labute approximate surface area is 142 Å². The standard InChI is InChI=1S/C17H15FN4OS/c1-11-9-12(2)22(21-11)16-7-8-17(20-19-16)24-10-15(23)13-3-5-14(18)6-4-13/h3-9H,10H2,1-2H3. The highest BCUT2D eigenvalue weighted by molar-refractivity contribution is 7.99. The fourth-order valence-electron chi connectivity index (χ4n) is 2.22. The van der Waals surface area contributed by atoms with E-state index in [1.807, 2.05) is 26.0 Å². The van der Waals surface area contributed by atoms with Crippen LogP contribution in [0.25, 0.3) is 5.82 Å². The van der Waals surface area contributed by atoms with E-state index in [9.17, 15) is 9.18 Å². The number of hydrogen-bond acceptors (Lipinski definition) is 5. The molecule has 0 atom stereocenters. The lowest BCUT2D eigenvalue weighted by molar-refractivity contribution is 0.102. The highest BCUT2D eigenvalue weighted by Crippen LogP contribution is 2.18. The molecular formula is C17H15FN4OS. The quantitative estimate of drug-likeness (QED) is 0.525. The van der Waals surface area contributed by atoms with Gasteiger partial charge in [-0.3, -0.25) is 4.79 Å². The molecule has 0 aliphatic heterocycles. The molecule has 0 aliphatic rings. The second-order valence-corrected chi connectivity index (χ2v) is 6.28. The zero-order valence-electron chi connectivity index (χ0n) is 13.2. The van der Waals surface area contributed by atoms with Crippen LogP contribution in [0.3, 0.4) is 0 Å². The Kier molecular flexibility index (Phi) is 4.71. The number of benzene rings is 1. The Morgan fingerprint density at radius 1 is 1.12 bits per heavy atom. The number of aromatic nitrogens is 4. The molecular weight excluding hydrogens is 327 g/mol. The summed E-state index contributed by atoms with van der Waals surface area (Å²) in [5, 5.41) is 13.3. The molecule has 0 saturated carbocycles. The van der Waals surface area contributed by atoms with E-state index in [4.69, 9.17) is 0 Å². The molecule has 0 bridgehead atoms. The summed E-state index contributed by atoms with van der Waals surface area (Å²) in [7, 11) is 0. The largest absolute Gasteiger partial charge is 0.293 e. The molecule has 24 heavy (non-hydrogen) atoms. The van der Waals surface area contributed by atoms with Gasteiger partial charge in [0.2, 0.25) is 0 Å². The molecule has 0 aliphatic carbocycles. The van der Waals surface area contributed by atoms with Gasteiger partial charge in [-0.2, -0.15) is 5.10 Å². The first kappa shape index (κ1) is 16.3. The number of nitrogens with zero attached hydrogens (tertiary/aromatic N) is 4. The minimum absolute atomic E-state index is 0.0792. The maximum atomic E-state index is 12.9. The summed E-state index contributed by atoms with van der Waals surface area (Å²) in [6.07, 6.45) is 0. The van der Waals surface area contributed by atoms with Crippen LogP contribution in [0.5, 0.6) is 0 Å². The molecule has 0 unspecified atom stereocenters. The van der Waals surface area contributed by atoms with Gasteiger partial charge in [-0.05, 0) is 56.3 Å². The average Bonchev–Trinajstić information content (AvgIpc) is 2.92. The van der Waals surface area contributed by atoms with Crippen molar-refractivity contribution in [2.24, 2.45) is 0 Å². The normalized spacial score (nSPS) is 10.8. The molecule has 0 N–H and O–H groups in total. The zero-order chi connectivity index (χ0) is 17.1. The Bertz CT molecular complexity index is 859. The minimum Gasteiger partial charge on any atom is -0.293 e. The predicted octanol–water partition coefficient (Wildman–Crippen LogP) is 3.39. The van der Waals surface area contributed by atoms with Gasteiger partial charge in [0.1, 0.15) is 10.8 Å². The van der Waals surface area contributed by atoms with Crippen molar-refractivity contribution in [1.29, 1.82) is 0 Å². The Morgan fingerprint density at radius 3 is 2.46 bits per heavy atom. The van der Waals surface area contributed by atoms with Gasteiger partial charge in [0.25, 0.3) is 0 Å². The molecule has 0 saturated heterocycles. The fraction of sp³-hybridized carbons (Fsp3) is 0.176. The monoisotopic (exact) mass is 342 g/mol. The third kappa shape index (κ3) is 3.68. The number of rotatable bonds is 5. The van der Waals surface area contributed by atoms with E-state index in [2.05, 4.69) is 15.3 Å². The maximum absolute atomic E-state index is 12.9. The van der Waals surface area contributed by atoms with Crippen LogP contribution < -0.4 is 0 Å². The molecule has 1 aromatic carbocycles. The Balaban J connectivity index is 1.65. The Hall–Kier alpha value is -2.54. The van der Waals surface area contributed by atoms with E-state index in [1.54, 1.807) is 10.7 Å². The van der Waals surface area contributed by atoms with E-state index in [0.717, 1.165) is 11.4 Å². The fourth-order valence-corrected chi connectivity index (χ4v) is 2.93. The number of Topliss-reactive ketones (excluding diaryl/α,β-unsaturated/α-hetero) is 1. The van der Waals surface area contributed by atoms with Crippen LogP contribution in [-0.2, 0) is 0 Å². The van der Waals surface area contributed by atoms with Crippen LogP contribution in [0, 0.1) is 19.7 Å². The van der Waals surface area contributed by atoms with Gasteiger partial charge in [-0.15, -0.1) is 10.2 Å². The van der Waals surface area contributed by atoms with Crippen molar-refractivity contribution in [3.63, 3.8) is 0 Å². The van der Waals surface area contributed by atoms with Crippen LogP contribution in [0.2, 0.25) is 0 Å². The van der Waals surface area contributed by atoms with Gasteiger partial charge in [-0.25, -0.2) is 9.07 Å². The van der Waals surface area contributed by atoms with Crippen molar-refractivity contribution in [3.8, 4) is 5.82 Å². The number of carbonyl (C=O) groups excluding carboxylic acids is 1. The molecule has 122 valence electrons. The number of hydrogen-bond donors (Lipinski definition) is 0. The van der Waals surface area contributed by atoms with Gasteiger partial charge < -0.3 is 0 Å². The molecule has 3 aromatic rings. The summed E-state index contributed by atoms with van der Waals surface area (Å²) in [6.45, 7) is 3.87. The van der Waals surface area contributed by atoms with Gasteiger partial charge in [0.15, 0.2) is 11.6 Å². The molecule has 2 aromatic heterocycles. The first-order valence-electron chi connectivity index (χ1n) is 7.32. The van der Waals surface area contributed by atoms with Gasteiger partial charge in [0, 0.05) is 11.3 Å². The third-order valence-electron chi connectivity index (χ3n) is 3.37. The molecule has 3 rings (SSSR count). The topological polar surface area (TPSA) is 60.7 Å². The molecule has 0 fully saturated rings. The van der Waals surface area contributed by atoms with Crippen LogP contribution in [-0.4, -0.2) is 31.5 Å². The molecule has 2 heterocycles. The van der Waals surface area contributed by atoms with Crippen molar-refractivity contribution in [2.75, 3.05) is 5.75 Å². The number of ketones is 1. The number of thioether (sulfide) groups is 1. The van der Waals surface area contributed by atoms with E-state index in [-0.39, 0.29) is 17.4 Å². The summed E-state index contributed by atoms with van der Waals surface area (Å²) in [5.41, 5.74) is 2.38. The number of aryl methyl sites for hydroxylation is 2. The Morgan fingerprint density at radius 2 is 1.88 bits per heavy atom. The van der Waals surface area contributed by atoms with Crippen molar-refractivity contribution in [1.82, 2.24) is 20.0 Å². The van der Waals surface area contributed by atoms with Gasteiger partial charge in [-0.1, -0.05) is 11.8 Å². The lowest BCUT2D eigenvalue weighted by Crippen LogP contribution is -2.05. The first-order chi connectivity index (χ1) is 11.5. The van der Waals surface area contributed by atoms with Crippen molar-refractivity contribution in [2.45, 2.75) is 18.9 Å². The van der Waals surface area contributed by atoms with E-state index < -0.39 is 0 Å². The highest BCUT2D eigenvalue weighted by atomic mass is 32.2. The average molecular weight is 342 g/mol. The first-order valence-corrected chi connectivity index (χ1v) is 8.30. The lowest BCUT2D eigenvalue weighted by atomic mass is 10.1. The SMILES string of the molecule is Cc1cc(C)n(-c2ccc(SCC(=O)c3ccc(F)cc3)nn2)n1. The van der Waals surface area contributed by atoms with Gasteiger partial charge >= 0.3 is 0 Å². The van der Waals surface area contributed by atoms with E-state index in [1.165, 1.54) is 36.0 Å². The van der Waals surface area contributed by atoms with Crippen LogP contribution in [0.4, 0.5) is 4.39 Å². The summed E-state index contributed by atoms with van der Waals surface area (Å²) in [4.78, 5) is 12.1. The summed E-state index contributed by atoms with van der Waals surface area (Å²) >= 11 is 1.29. The predicted molar refractivity (Wildman–Crippen MR) is 90.1 cm³/mol. The number of halogens is 1. The van der Waals surface area contributed by atoms with Crippen LogP contribution in [0.15, 0.2) is 47.5 Å². The van der Waals surface area contributed by atoms with E-state index >= 15 is 0 Å². The maximum Gasteiger partial charge on any atom is 0.175 e. The molecule has 7 heteroatoms. The van der Waals surface area contributed by atoms with Crippen molar-refractivity contribution >= 4 is 17.5 Å². The van der Waals surface area contributed by atoms with Crippen molar-refractivity contribution in [3.05, 3.63) is 65.2 Å². The molecule has 0 amide bonds.